The molecule has 0 N–H and O–H groups in total. The normalized spacial score (nSPS) is 16.4. The monoisotopic (exact) mass is 377 g/mol. The van der Waals surface area contributed by atoms with Gasteiger partial charge in [0.2, 0.25) is 17.6 Å². The fourth-order valence-corrected chi connectivity index (χ4v) is 3.65. The molecule has 1 aliphatic rings. The van der Waals surface area contributed by atoms with E-state index in [1.165, 1.54) is 0 Å². The van der Waals surface area contributed by atoms with Crippen molar-refractivity contribution in [1.82, 2.24) is 15.0 Å². The van der Waals surface area contributed by atoms with Crippen LogP contribution < -0.4 is 4.74 Å². The zero-order valence-corrected chi connectivity index (χ0v) is 16.1. The number of methoxy groups -OCH3 is 1. The Hall–Kier alpha value is -3.15. The van der Waals surface area contributed by atoms with Gasteiger partial charge in [-0.25, -0.2) is 0 Å². The third-order valence-corrected chi connectivity index (χ3v) is 5.20. The number of ether oxygens (including phenoxy) is 1. The molecule has 2 aromatic carbocycles. The number of hydrogen-bond acceptors (Lipinski definition) is 5. The third kappa shape index (κ3) is 3.63. The van der Waals surface area contributed by atoms with E-state index < -0.39 is 0 Å². The van der Waals surface area contributed by atoms with E-state index in [0.717, 1.165) is 35.3 Å². The molecule has 0 bridgehead atoms. The molecule has 0 saturated carbocycles. The molecule has 1 saturated heterocycles. The van der Waals surface area contributed by atoms with E-state index in [1.54, 1.807) is 7.11 Å². The Morgan fingerprint density at radius 1 is 1.21 bits per heavy atom. The van der Waals surface area contributed by atoms with E-state index in [4.69, 9.17) is 9.26 Å². The molecule has 1 fully saturated rings. The number of nitrogens with zero attached hydrogens (tertiary/aromatic N) is 3. The summed E-state index contributed by atoms with van der Waals surface area (Å²) >= 11 is 0. The highest BCUT2D eigenvalue weighted by molar-refractivity contribution is 5.79. The Morgan fingerprint density at radius 3 is 2.75 bits per heavy atom. The summed E-state index contributed by atoms with van der Waals surface area (Å²) in [5.41, 5.74) is 3.00. The Morgan fingerprint density at radius 2 is 2.00 bits per heavy atom. The van der Waals surface area contributed by atoms with Crippen LogP contribution in [0.3, 0.4) is 0 Å². The van der Waals surface area contributed by atoms with E-state index in [-0.39, 0.29) is 11.9 Å². The van der Waals surface area contributed by atoms with Crippen LogP contribution in [0, 0.1) is 6.92 Å². The highest BCUT2D eigenvalue weighted by Gasteiger charge is 2.34. The first kappa shape index (κ1) is 18.2. The van der Waals surface area contributed by atoms with Gasteiger partial charge in [0.15, 0.2) is 0 Å². The highest BCUT2D eigenvalue weighted by atomic mass is 16.5. The lowest BCUT2D eigenvalue weighted by atomic mass is 10.1. The second-order valence-electron chi connectivity index (χ2n) is 7.04. The van der Waals surface area contributed by atoms with Gasteiger partial charge in [-0.05, 0) is 43.0 Å². The maximum absolute atomic E-state index is 12.9. The van der Waals surface area contributed by atoms with Crippen molar-refractivity contribution in [2.24, 2.45) is 0 Å². The van der Waals surface area contributed by atoms with Crippen LogP contribution in [0.5, 0.6) is 5.75 Å². The maximum atomic E-state index is 12.9. The first-order valence-corrected chi connectivity index (χ1v) is 9.47. The minimum atomic E-state index is -0.156. The molecule has 6 nitrogen and oxygen atoms in total. The first-order valence-electron chi connectivity index (χ1n) is 9.47. The molecule has 1 amide bonds. The number of carbonyl (C=O) groups is 1. The second kappa shape index (κ2) is 7.84. The molecular weight excluding hydrogens is 354 g/mol. The van der Waals surface area contributed by atoms with E-state index in [1.807, 2.05) is 60.4 Å². The van der Waals surface area contributed by atoms with Crippen LogP contribution in [0.2, 0.25) is 0 Å². The minimum absolute atomic E-state index is 0.0725. The van der Waals surface area contributed by atoms with Crippen LogP contribution in [0.15, 0.2) is 53.1 Å². The molecule has 2 heterocycles. The van der Waals surface area contributed by atoms with Crippen molar-refractivity contribution < 1.29 is 14.1 Å². The zero-order valence-electron chi connectivity index (χ0n) is 16.1. The molecule has 0 aliphatic carbocycles. The lowest BCUT2D eigenvalue weighted by Gasteiger charge is -2.22. The Kier molecular flexibility index (Phi) is 5.10. The largest absolute Gasteiger partial charge is 0.497 e. The number of rotatable bonds is 5. The van der Waals surface area contributed by atoms with Gasteiger partial charge in [-0.3, -0.25) is 4.79 Å². The number of hydrogen-bond donors (Lipinski definition) is 0. The number of aryl methyl sites for hydroxylation is 1. The minimum Gasteiger partial charge on any atom is -0.497 e. The van der Waals surface area contributed by atoms with Crippen LogP contribution in [0.25, 0.3) is 11.4 Å². The van der Waals surface area contributed by atoms with Gasteiger partial charge in [-0.2, -0.15) is 4.98 Å². The number of benzene rings is 2. The molecule has 144 valence electrons. The molecule has 1 unspecified atom stereocenters. The zero-order chi connectivity index (χ0) is 19.5. The van der Waals surface area contributed by atoms with E-state index >= 15 is 0 Å². The first-order chi connectivity index (χ1) is 13.7. The van der Waals surface area contributed by atoms with Crippen LogP contribution in [-0.2, 0) is 11.2 Å². The average molecular weight is 377 g/mol. The summed E-state index contributed by atoms with van der Waals surface area (Å²) in [5.74, 6) is 1.94. The van der Waals surface area contributed by atoms with Crippen molar-refractivity contribution in [1.29, 1.82) is 0 Å². The van der Waals surface area contributed by atoms with Crippen molar-refractivity contribution in [2.75, 3.05) is 13.7 Å². The summed E-state index contributed by atoms with van der Waals surface area (Å²) in [6.45, 7) is 2.73. The number of likely N-dealkylation sites (tertiary alicyclic amines) is 1. The predicted octanol–water partition coefficient (Wildman–Crippen LogP) is 3.96. The smallest absolute Gasteiger partial charge is 0.249 e. The predicted molar refractivity (Wildman–Crippen MR) is 105 cm³/mol. The van der Waals surface area contributed by atoms with Gasteiger partial charge in [0, 0.05) is 12.1 Å². The van der Waals surface area contributed by atoms with Gasteiger partial charge >= 0.3 is 0 Å². The number of amides is 1. The third-order valence-electron chi connectivity index (χ3n) is 5.20. The summed E-state index contributed by atoms with van der Waals surface area (Å²) in [6, 6.07) is 15.4. The van der Waals surface area contributed by atoms with E-state index in [0.29, 0.717) is 24.7 Å². The molecular formula is C22H23N3O3. The van der Waals surface area contributed by atoms with Crippen molar-refractivity contribution >= 4 is 5.91 Å². The Bertz CT molecular complexity index is 965. The van der Waals surface area contributed by atoms with Crippen LogP contribution in [-0.4, -0.2) is 34.6 Å². The van der Waals surface area contributed by atoms with Gasteiger partial charge in [0.25, 0.3) is 0 Å². The standard InChI is InChI=1S/C22H23N3O3/c1-15-6-3-4-7-18(15)21-23-22(28-24-21)19-8-5-13-25(19)20(26)14-16-9-11-17(27-2)12-10-16/h3-4,6-7,9-12,19H,5,8,13-14H2,1-2H3. The highest BCUT2D eigenvalue weighted by Crippen LogP contribution is 2.33. The van der Waals surface area contributed by atoms with Gasteiger partial charge in [-0.15, -0.1) is 0 Å². The molecule has 28 heavy (non-hydrogen) atoms. The van der Waals surface area contributed by atoms with Gasteiger partial charge in [0.1, 0.15) is 11.8 Å². The molecule has 3 aromatic rings. The molecule has 1 atom stereocenters. The molecule has 0 spiro atoms. The molecule has 6 heteroatoms. The lowest BCUT2D eigenvalue weighted by molar-refractivity contribution is -0.131. The van der Waals surface area contributed by atoms with Gasteiger partial charge in [-0.1, -0.05) is 41.6 Å². The van der Waals surface area contributed by atoms with Crippen LogP contribution in [0.4, 0.5) is 0 Å². The maximum Gasteiger partial charge on any atom is 0.249 e. The average Bonchev–Trinajstić information content (AvgIpc) is 3.38. The molecule has 1 aromatic heterocycles. The quantitative estimate of drug-likeness (QED) is 0.673. The van der Waals surface area contributed by atoms with E-state index in [9.17, 15) is 4.79 Å². The second-order valence-corrected chi connectivity index (χ2v) is 7.04. The number of aromatic nitrogens is 2. The summed E-state index contributed by atoms with van der Waals surface area (Å²) in [6.07, 6.45) is 2.12. The fourth-order valence-electron chi connectivity index (χ4n) is 3.65. The summed E-state index contributed by atoms with van der Waals surface area (Å²) in [5, 5.41) is 4.15. The fraction of sp³-hybridized carbons (Fsp3) is 0.318. The molecule has 1 aliphatic heterocycles. The van der Waals surface area contributed by atoms with Gasteiger partial charge < -0.3 is 14.2 Å². The van der Waals surface area contributed by atoms with Crippen LogP contribution >= 0.6 is 0 Å². The van der Waals surface area contributed by atoms with Crippen LogP contribution in [0.1, 0.15) is 35.9 Å². The topological polar surface area (TPSA) is 68.5 Å². The van der Waals surface area contributed by atoms with Crippen molar-refractivity contribution in [3.8, 4) is 17.1 Å². The Labute approximate surface area is 164 Å². The molecule has 4 rings (SSSR count). The summed E-state index contributed by atoms with van der Waals surface area (Å²) < 4.78 is 10.7. The SMILES string of the molecule is COc1ccc(CC(=O)N2CCCC2c2nc(-c3ccccc3C)no2)cc1. The molecule has 0 radical (unpaired) electrons. The Balaban J connectivity index is 1.50. The summed E-state index contributed by atoms with van der Waals surface area (Å²) in [4.78, 5) is 19.3. The van der Waals surface area contributed by atoms with Gasteiger partial charge in [0.05, 0.1) is 13.5 Å². The van der Waals surface area contributed by atoms with E-state index in [2.05, 4.69) is 10.1 Å². The van der Waals surface area contributed by atoms with Crippen molar-refractivity contribution in [3.05, 3.63) is 65.5 Å². The van der Waals surface area contributed by atoms with Crippen molar-refractivity contribution in [2.45, 2.75) is 32.2 Å². The lowest BCUT2D eigenvalue weighted by Crippen LogP contribution is -2.32. The number of carbonyl (C=O) groups excluding carboxylic acids is 1. The summed E-state index contributed by atoms with van der Waals surface area (Å²) in [7, 11) is 1.63. The van der Waals surface area contributed by atoms with Crippen molar-refractivity contribution in [3.63, 3.8) is 0 Å².